The highest BCUT2D eigenvalue weighted by Gasteiger charge is 2.47. The number of rotatable bonds is 5. The SMILES string of the molecule is Cc1cc(C)cc(NC(=O)N[C@H]2CO[C@H]3[C@H](CCc4ccsc4)CO[C@@H]32)c1. The number of anilines is 1. The van der Waals surface area contributed by atoms with Crippen molar-refractivity contribution in [1.29, 1.82) is 0 Å². The molecule has 0 aliphatic carbocycles. The van der Waals surface area contributed by atoms with Crippen molar-refractivity contribution in [2.24, 2.45) is 5.92 Å². The molecule has 0 unspecified atom stereocenters. The molecule has 0 bridgehead atoms. The zero-order chi connectivity index (χ0) is 18.8. The van der Waals surface area contributed by atoms with Crippen LogP contribution in [0.4, 0.5) is 10.5 Å². The zero-order valence-electron chi connectivity index (χ0n) is 15.7. The predicted octanol–water partition coefficient (Wildman–Crippen LogP) is 3.90. The van der Waals surface area contributed by atoms with Gasteiger partial charge in [-0.25, -0.2) is 4.79 Å². The van der Waals surface area contributed by atoms with Crippen LogP contribution in [-0.2, 0) is 15.9 Å². The van der Waals surface area contributed by atoms with Gasteiger partial charge in [-0.3, -0.25) is 0 Å². The van der Waals surface area contributed by atoms with Crippen LogP contribution in [0, 0.1) is 19.8 Å². The number of carbonyl (C=O) groups is 1. The molecule has 2 aromatic rings. The molecule has 1 aromatic carbocycles. The number of fused-ring (bicyclic) bond motifs is 1. The molecular formula is C21H26N2O3S. The van der Waals surface area contributed by atoms with E-state index in [9.17, 15) is 4.79 Å². The molecular weight excluding hydrogens is 360 g/mol. The summed E-state index contributed by atoms with van der Waals surface area (Å²) < 4.78 is 12.0. The quantitative estimate of drug-likeness (QED) is 0.819. The fraction of sp³-hybridized carbons (Fsp3) is 0.476. The van der Waals surface area contributed by atoms with E-state index in [4.69, 9.17) is 9.47 Å². The number of nitrogens with one attached hydrogen (secondary N) is 2. The Morgan fingerprint density at radius 3 is 2.67 bits per heavy atom. The summed E-state index contributed by atoms with van der Waals surface area (Å²) in [6.45, 7) is 5.25. The Morgan fingerprint density at radius 2 is 1.93 bits per heavy atom. The molecule has 1 aromatic heterocycles. The summed E-state index contributed by atoms with van der Waals surface area (Å²) in [5, 5.41) is 10.3. The molecule has 0 spiro atoms. The molecule has 4 atom stereocenters. The van der Waals surface area contributed by atoms with Crippen LogP contribution in [0.5, 0.6) is 0 Å². The number of carbonyl (C=O) groups excluding carboxylic acids is 1. The van der Waals surface area contributed by atoms with E-state index in [-0.39, 0.29) is 24.3 Å². The molecule has 144 valence electrons. The monoisotopic (exact) mass is 386 g/mol. The van der Waals surface area contributed by atoms with Crippen LogP contribution < -0.4 is 10.6 Å². The van der Waals surface area contributed by atoms with Crippen molar-refractivity contribution < 1.29 is 14.3 Å². The molecule has 2 saturated heterocycles. The van der Waals surface area contributed by atoms with Gasteiger partial charge in [-0.2, -0.15) is 11.3 Å². The van der Waals surface area contributed by atoms with E-state index in [1.165, 1.54) is 5.56 Å². The maximum absolute atomic E-state index is 12.4. The van der Waals surface area contributed by atoms with Crippen molar-refractivity contribution >= 4 is 23.1 Å². The van der Waals surface area contributed by atoms with E-state index >= 15 is 0 Å². The second-order valence-electron chi connectivity index (χ2n) is 7.61. The summed E-state index contributed by atoms with van der Waals surface area (Å²) in [6, 6.07) is 7.88. The fourth-order valence-corrected chi connectivity index (χ4v) is 4.82. The fourth-order valence-electron chi connectivity index (χ4n) is 4.12. The van der Waals surface area contributed by atoms with Crippen molar-refractivity contribution in [2.45, 2.75) is 44.9 Å². The van der Waals surface area contributed by atoms with Crippen molar-refractivity contribution in [3.63, 3.8) is 0 Å². The van der Waals surface area contributed by atoms with Gasteiger partial charge >= 0.3 is 6.03 Å². The van der Waals surface area contributed by atoms with Crippen molar-refractivity contribution in [3.8, 4) is 0 Å². The number of amides is 2. The smallest absolute Gasteiger partial charge is 0.319 e. The zero-order valence-corrected chi connectivity index (χ0v) is 16.6. The standard InChI is InChI=1S/C21H26N2O3S/c1-13-7-14(2)9-17(8-13)22-21(24)23-18-11-26-19-16(10-25-20(18)19)4-3-15-5-6-27-12-15/h5-9,12,16,18-20H,3-4,10-11H2,1-2H3,(H2,22,23,24)/t16-,18+,19+,20-/m1/s1. The summed E-state index contributed by atoms with van der Waals surface area (Å²) in [5.41, 5.74) is 4.44. The van der Waals surface area contributed by atoms with Gasteiger partial charge < -0.3 is 20.1 Å². The lowest BCUT2D eigenvalue weighted by atomic mass is 9.94. The molecule has 3 heterocycles. The Bertz CT molecular complexity index is 772. The number of hydrogen-bond donors (Lipinski definition) is 2. The lowest BCUT2D eigenvalue weighted by Gasteiger charge is -2.18. The number of thiophene rings is 1. The number of hydrogen-bond acceptors (Lipinski definition) is 4. The second kappa shape index (κ2) is 8.00. The molecule has 2 amide bonds. The van der Waals surface area contributed by atoms with Crippen LogP contribution in [-0.4, -0.2) is 37.5 Å². The molecule has 2 aliphatic heterocycles. The summed E-state index contributed by atoms with van der Waals surface area (Å²) in [4.78, 5) is 12.4. The Labute approximate surface area is 164 Å². The first-order chi connectivity index (χ1) is 13.1. The van der Waals surface area contributed by atoms with E-state index in [1.54, 1.807) is 11.3 Å². The topological polar surface area (TPSA) is 59.6 Å². The molecule has 2 N–H and O–H groups in total. The van der Waals surface area contributed by atoms with Crippen molar-refractivity contribution in [3.05, 3.63) is 51.7 Å². The second-order valence-corrected chi connectivity index (χ2v) is 8.39. The van der Waals surface area contributed by atoms with Crippen molar-refractivity contribution in [1.82, 2.24) is 5.32 Å². The largest absolute Gasteiger partial charge is 0.373 e. The molecule has 0 radical (unpaired) electrons. The third kappa shape index (κ3) is 4.34. The van der Waals surface area contributed by atoms with Gasteiger partial charge in [0.05, 0.1) is 25.4 Å². The third-order valence-electron chi connectivity index (χ3n) is 5.34. The maximum Gasteiger partial charge on any atom is 0.319 e. The Morgan fingerprint density at radius 1 is 1.15 bits per heavy atom. The van der Waals surface area contributed by atoms with Gasteiger partial charge in [0, 0.05) is 11.6 Å². The number of benzene rings is 1. The van der Waals surface area contributed by atoms with Crippen LogP contribution >= 0.6 is 11.3 Å². The minimum atomic E-state index is -0.209. The number of urea groups is 1. The van der Waals surface area contributed by atoms with Gasteiger partial charge in [-0.15, -0.1) is 0 Å². The molecule has 2 aliphatic rings. The van der Waals surface area contributed by atoms with E-state index < -0.39 is 0 Å². The summed E-state index contributed by atoms with van der Waals surface area (Å²) in [6.07, 6.45) is 2.13. The van der Waals surface area contributed by atoms with E-state index in [2.05, 4.69) is 33.5 Å². The highest BCUT2D eigenvalue weighted by atomic mass is 32.1. The first-order valence-electron chi connectivity index (χ1n) is 9.48. The Kier molecular flexibility index (Phi) is 5.48. The van der Waals surface area contributed by atoms with Gasteiger partial charge in [0.15, 0.2) is 0 Å². The summed E-state index contributed by atoms with van der Waals surface area (Å²) >= 11 is 1.73. The maximum atomic E-state index is 12.4. The van der Waals surface area contributed by atoms with Crippen molar-refractivity contribution in [2.75, 3.05) is 18.5 Å². The lowest BCUT2D eigenvalue weighted by Crippen LogP contribution is -2.45. The minimum Gasteiger partial charge on any atom is -0.373 e. The highest BCUT2D eigenvalue weighted by Crippen LogP contribution is 2.34. The van der Waals surface area contributed by atoms with Crippen LogP contribution in [0.2, 0.25) is 0 Å². The highest BCUT2D eigenvalue weighted by molar-refractivity contribution is 7.07. The van der Waals surface area contributed by atoms with Gasteiger partial charge in [0.25, 0.3) is 0 Å². The minimum absolute atomic E-state index is 0.0533. The summed E-state index contributed by atoms with van der Waals surface area (Å²) in [5.74, 6) is 0.393. The van der Waals surface area contributed by atoms with E-state index in [0.717, 1.165) is 29.7 Å². The Balaban J connectivity index is 1.30. The van der Waals surface area contributed by atoms with Gasteiger partial charge in [-0.1, -0.05) is 6.07 Å². The van der Waals surface area contributed by atoms with Crippen LogP contribution in [0.3, 0.4) is 0 Å². The molecule has 5 nitrogen and oxygen atoms in total. The van der Waals surface area contributed by atoms with Gasteiger partial charge in [0.1, 0.15) is 6.10 Å². The van der Waals surface area contributed by atoms with Crippen LogP contribution in [0.1, 0.15) is 23.1 Å². The normalized spacial score (nSPS) is 26.7. The number of ether oxygens (including phenoxy) is 2. The lowest BCUT2D eigenvalue weighted by molar-refractivity contribution is 0.0615. The first kappa shape index (κ1) is 18.5. The van der Waals surface area contributed by atoms with Gasteiger partial charge in [0.2, 0.25) is 0 Å². The Hall–Kier alpha value is -1.89. The summed E-state index contributed by atoms with van der Waals surface area (Å²) in [7, 11) is 0. The van der Waals surface area contributed by atoms with E-state index in [1.807, 2.05) is 26.0 Å². The average molecular weight is 387 g/mol. The molecule has 6 heteroatoms. The van der Waals surface area contributed by atoms with Crippen LogP contribution in [0.25, 0.3) is 0 Å². The third-order valence-corrected chi connectivity index (χ3v) is 6.07. The molecule has 27 heavy (non-hydrogen) atoms. The number of aryl methyl sites for hydroxylation is 3. The average Bonchev–Trinajstić information content (AvgIpc) is 3.31. The van der Waals surface area contributed by atoms with Gasteiger partial charge in [-0.05, 0) is 72.3 Å². The van der Waals surface area contributed by atoms with E-state index in [0.29, 0.717) is 19.1 Å². The molecule has 4 rings (SSSR count). The molecule has 2 fully saturated rings. The predicted molar refractivity (Wildman–Crippen MR) is 107 cm³/mol. The van der Waals surface area contributed by atoms with Crippen LogP contribution in [0.15, 0.2) is 35.0 Å². The first-order valence-corrected chi connectivity index (χ1v) is 10.4. The molecule has 0 saturated carbocycles.